The summed E-state index contributed by atoms with van der Waals surface area (Å²) in [5.41, 5.74) is 6.87. The molecule has 5 nitrogen and oxygen atoms in total. The van der Waals surface area contributed by atoms with Crippen LogP contribution in [-0.4, -0.2) is 43.1 Å². The molecule has 0 fully saturated rings. The number of nitrogens with two attached hydrogens (primary N) is 1. The van der Waals surface area contributed by atoms with Gasteiger partial charge >= 0.3 is 0 Å². The number of nitrogens with one attached hydrogen (secondary N) is 1. The first kappa shape index (κ1) is 20.3. The van der Waals surface area contributed by atoms with E-state index in [2.05, 4.69) is 29.1 Å². The van der Waals surface area contributed by atoms with Crippen molar-refractivity contribution in [2.75, 3.05) is 31.5 Å². The fourth-order valence-corrected chi connectivity index (χ4v) is 2.54. The second-order valence-corrected chi connectivity index (χ2v) is 6.28. The fraction of sp³-hybridized carbons (Fsp3) is 0.632. The predicted molar refractivity (Wildman–Crippen MR) is 104 cm³/mol. The highest BCUT2D eigenvalue weighted by atomic mass is 16.5. The van der Waals surface area contributed by atoms with Gasteiger partial charge < -0.3 is 20.7 Å². The number of aliphatic imine (C=N–C) groups is 1. The molecular formula is C19H34N4O. The van der Waals surface area contributed by atoms with Gasteiger partial charge in [-0.3, -0.25) is 4.99 Å². The van der Waals surface area contributed by atoms with Crippen LogP contribution in [-0.2, 0) is 0 Å². The van der Waals surface area contributed by atoms with Crippen LogP contribution in [0.1, 0.15) is 47.0 Å². The zero-order valence-electron chi connectivity index (χ0n) is 15.7. The Bertz CT molecular complexity index is 465. The van der Waals surface area contributed by atoms with Crippen molar-refractivity contribution in [1.82, 2.24) is 4.90 Å². The van der Waals surface area contributed by atoms with Gasteiger partial charge in [0.2, 0.25) is 0 Å². The molecule has 0 aliphatic rings. The first-order valence-electron chi connectivity index (χ1n) is 9.11. The van der Waals surface area contributed by atoms with E-state index in [-0.39, 0.29) is 6.10 Å². The van der Waals surface area contributed by atoms with Crippen LogP contribution in [0.15, 0.2) is 29.3 Å². The average molecular weight is 335 g/mol. The molecule has 3 N–H and O–H groups in total. The summed E-state index contributed by atoms with van der Waals surface area (Å²) in [5.74, 6) is 1.32. The molecule has 24 heavy (non-hydrogen) atoms. The van der Waals surface area contributed by atoms with Crippen LogP contribution in [0.3, 0.4) is 0 Å². The van der Waals surface area contributed by atoms with Crippen molar-refractivity contribution >= 4 is 11.6 Å². The normalized spacial score (nSPS) is 12.0. The minimum atomic E-state index is 0.176. The van der Waals surface area contributed by atoms with Gasteiger partial charge in [0.15, 0.2) is 5.96 Å². The molecular weight excluding hydrogens is 300 g/mol. The number of hydrogen-bond acceptors (Lipinski definition) is 3. The fourth-order valence-electron chi connectivity index (χ4n) is 2.54. The van der Waals surface area contributed by atoms with E-state index in [0.717, 1.165) is 44.0 Å². The van der Waals surface area contributed by atoms with Crippen molar-refractivity contribution < 1.29 is 4.74 Å². The number of guanidine groups is 1. The zero-order valence-corrected chi connectivity index (χ0v) is 15.7. The third-order valence-electron chi connectivity index (χ3n) is 3.49. The van der Waals surface area contributed by atoms with Crippen LogP contribution in [0.5, 0.6) is 5.75 Å². The van der Waals surface area contributed by atoms with Gasteiger partial charge in [-0.1, -0.05) is 13.8 Å². The molecule has 5 heteroatoms. The molecule has 136 valence electrons. The van der Waals surface area contributed by atoms with Crippen molar-refractivity contribution in [3.05, 3.63) is 24.3 Å². The second-order valence-electron chi connectivity index (χ2n) is 6.28. The Balaban J connectivity index is 2.35. The highest BCUT2D eigenvalue weighted by molar-refractivity contribution is 5.92. The third-order valence-corrected chi connectivity index (χ3v) is 3.49. The number of rotatable bonds is 11. The van der Waals surface area contributed by atoms with Crippen LogP contribution in [0.4, 0.5) is 5.69 Å². The molecule has 0 amide bonds. The maximum Gasteiger partial charge on any atom is 0.193 e. The minimum Gasteiger partial charge on any atom is -0.491 e. The van der Waals surface area contributed by atoms with Crippen LogP contribution in [0.25, 0.3) is 0 Å². The smallest absolute Gasteiger partial charge is 0.193 e. The summed E-state index contributed by atoms with van der Waals surface area (Å²) < 4.78 is 5.62. The molecule has 1 aromatic rings. The van der Waals surface area contributed by atoms with Crippen LogP contribution in [0.2, 0.25) is 0 Å². The Morgan fingerprint density at radius 1 is 1.12 bits per heavy atom. The van der Waals surface area contributed by atoms with E-state index in [0.29, 0.717) is 5.96 Å². The highest BCUT2D eigenvalue weighted by Crippen LogP contribution is 2.16. The summed E-state index contributed by atoms with van der Waals surface area (Å²) in [5, 5.41) is 3.12. The van der Waals surface area contributed by atoms with E-state index < -0.39 is 0 Å². The lowest BCUT2D eigenvalue weighted by Gasteiger charge is -2.20. The first-order chi connectivity index (χ1) is 11.5. The van der Waals surface area contributed by atoms with Crippen LogP contribution < -0.4 is 15.8 Å². The molecule has 1 rings (SSSR count). The molecule has 0 saturated carbocycles. The third kappa shape index (κ3) is 8.77. The molecule has 1 aromatic carbocycles. The standard InChI is InChI=1S/C19H34N4O/c1-5-13-23(14-6-2)15-7-12-21-19(20)22-17-8-10-18(11-9-17)24-16(3)4/h8-11,16H,5-7,12-15H2,1-4H3,(H3,20,21,22). The predicted octanol–water partition coefficient (Wildman–Crippen LogP) is 3.71. The molecule has 0 aliphatic carbocycles. The average Bonchev–Trinajstić information content (AvgIpc) is 2.53. The molecule has 0 bridgehead atoms. The Labute approximate surface area is 147 Å². The summed E-state index contributed by atoms with van der Waals surface area (Å²) in [6, 6.07) is 7.76. The summed E-state index contributed by atoms with van der Waals surface area (Å²) in [4.78, 5) is 6.90. The topological polar surface area (TPSA) is 62.9 Å². The molecule has 0 heterocycles. The monoisotopic (exact) mass is 334 g/mol. The van der Waals surface area contributed by atoms with Crippen molar-refractivity contribution in [3.63, 3.8) is 0 Å². The summed E-state index contributed by atoms with van der Waals surface area (Å²) >= 11 is 0. The number of anilines is 1. The molecule has 0 aromatic heterocycles. The first-order valence-corrected chi connectivity index (χ1v) is 9.11. The summed E-state index contributed by atoms with van der Waals surface area (Å²) in [6.45, 7) is 12.6. The zero-order chi connectivity index (χ0) is 17.8. The Kier molecular flexibility index (Phi) is 9.92. The van der Waals surface area contributed by atoms with Crippen molar-refractivity contribution in [3.8, 4) is 5.75 Å². The van der Waals surface area contributed by atoms with E-state index in [1.165, 1.54) is 12.8 Å². The number of benzene rings is 1. The molecule has 0 spiro atoms. The lowest BCUT2D eigenvalue weighted by Crippen LogP contribution is -2.27. The maximum absolute atomic E-state index is 5.95. The van der Waals surface area contributed by atoms with E-state index in [9.17, 15) is 0 Å². The Morgan fingerprint density at radius 2 is 1.75 bits per heavy atom. The molecule has 0 saturated heterocycles. The van der Waals surface area contributed by atoms with Gasteiger partial charge in [0.1, 0.15) is 5.75 Å². The van der Waals surface area contributed by atoms with E-state index >= 15 is 0 Å². The molecule has 0 aliphatic heterocycles. The van der Waals surface area contributed by atoms with Crippen LogP contribution in [0, 0.1) is 0 Å². The maximum atomic E-state index is 5.95. The Morgan fingerprint density at radius 3 is 2.29 bits per heavy atom. The lowest BCUT2D eigenvalue weighted by atomic mass is 10.3. The molecule has 0 atom stereocenters. The molecule has 0 radical (unpaired) electrons. The van der Waals surface area contributed by atoms with Crippen molar-refractivity contribution in [2.24, 2.45) is 10.7 Å². The van der Waals surface area contributed by atoms with Gasteiger partial charge in [-0.2, -0.15) is 0 Å². The SMILES string of the molecule is CCCN(CCC)CCCN=C(N)Nc1ccc(OC(C)C)cc1. The van der Waals surface area contributed by atoms with Gasteiger partial charge in [-0.25, -0.2) is 0 Å². The van der Waals surface area contributed by atoms with Gasteiger partial charge in [-0.05, 0) is 77.0 Å². The Hall–Kier alpha value is -1.75. The van der Waals surface area contributed by atoms with Gasteiger partial charge in [-0.15, -0.1) is 0 Å². The second kappa shape index (κ2) is 11.7. The van der Waals surface area contributed by atoms with Gasteiger partial charge in [0.05, 0.1) is 6.10 Å². The number of hydrogen-bond donors (Lipinski definition) is 2. The van der Waals surface area contributed by atoms with Gasteiger partial charge in [0.25, 0.3) is 0 Å². The number of ether oxygens (including phenoxy) is 1. The van der Waals surface area contributed by atoms with E-state index in [4.69, 9.17) is 10.5 Å². The van der Waals surface area contributed by atoms with Crippen molar-refractivity contribution in [1.29, 1.82) is 0 Å². The highest BCUT2D eigenvalue weighted by Gasteiger charge is 2.02. The lowest BCUT2D eigenvalue weighted by molar-refractivity contribution is 0.242. The summed E-state index contributed by atoms with van der Waals surface area (Å²) in [7, 11) is 0. The van der Waals surface area contributed by atoms with Crippen molar-refractivity contribution in [2.45, 2.75) is 53.1 Å². The van der Waals surface area contributed by atoms with E-state index in [1.807, 2.05) is 38.1 Å². The van der Waals surface area contributed by atoms with Gasteiger partial charge in [0, 0.05) is 12.2 Å². The van der Waals surface area contributed by atoms with Crippen LogP contribution >= 0.6 is 0 Å². The van der Waals surface area contributed by atoms with E-state index in [1.54, 1.807) is 0 Å². The largest absolute Gasteiger partial charge is 0.491 e. The number of nitrogens with zero attached hydrogens (tertiary/aromatic N) is 2. The molecule has 0 unspecified atom stereocenters. The quantitative estimate of drug-likeness (QED) is 0.368. The minimum absolute atomic E-state index is 0.176. The summed E-state index contributed by atoms with van der Waals surface area (Å²) in [6.07, 6.45) is 3.60.